The van der Waals surface area contributed by atoms with Crippen LogP contribution in [0.1, 0.15) is 24.3 Å². The molecule has 0 saturated carbocycles. The number of ether oxygens (including phenoxy) is 1. The van der Waals surface area contributed by atoms with Crippen molar-refractivity contribution in [3.8, 4) is 11.5 Å². The normalized spacial score (nSPS) is 16.4. The van der Waals surface area contributed by atoms with Crippen LogP contribution in [0.3, 0.4) is 0 Å². The third kappa shape index (κ3) is 4.38. The maximum absolute atomic E-state index is 13.4. The van der Waals surface area contributed by atoms with Crippen molar-refractivity contribution in [1.29, 1.82) is 0 Å². The van der Waals surface area contributed by atoms with E-state index in [-0.39, 0.29) is 23.9 Å². The first-order valence-electron chi connectivity index (χ1n) is 9.93. The molecular weight excluding hydrogens is 439 g/mol. The van der Waals surface area contributed by atoms with Gasteiger partial charge in [0.05, 0.1) is 17.8 Å². The van der Waals surface area contributed by atoms with Gasteiger partial charge in [0.2, 0.25) is 10.0 Å². The van der Waals surface area contributed by atoms with Crippen LogP contribution in [0.2, 0.25) is 0 Å². The van der Waals surface area contributed by atoms with Crippen molar-refractivity contribution >= 4 is 15.9 Å². The predicted octanol–water partition coefficient (Wildman–Crippen LogP) is 3.57. The number of nitrogens with one attached hydrogen (secondary N) is 1. The summed E-state index contributed by atoms with van der Waals surface area (Å²) in [6.45, 7) is 2.01. The molecule has 0 spiro atoms. The van der Waals surface area contributed by atoms with E-state index in [0.717, 1.165) is 4.31 Å². The lowest BCUT2D eigenvalue weighted by Crippen LogP contribution is -2.46. The maximum Gasteiger partial charge on any atom is 0.266 e. The van der Waals surface area contributed by atoms with Gasteiger partial charge < -0.3 is 9.15 Å². The molecule has 168 valence electrons. The topological polar surface area (TPSA) is 98.1 Å². The van der Waals surface area contributed by atoms with Gasteiger partial charge in [-0.05, 0) is 61.5 Å². The van der Waals surface area contributed by atoms with E-state index in [0.29, 0.717) is 29.2 Å². The zero-order chi connectivity index (χ0) is 22.7. The van der Waals surface area contributed by atoms with Gasteiger partial charge in [-0.1, -0.05) is 0 Å². The molecule has 1 amide bonds. The number of furan rings is 1. The highest BCUT2D eigenvalue weighted by Gasteiger charge is 2.42. The zero-order valence-corrected chi connectivity index (χ0v) is 18.0. The van der Waals surface area contributed by atoms with Crippen LogP contribution in [-0.4, -0.2) is 31.8 Å². The van der Waals surface area contributed by atoms with Crippen molar-refractivity contribution in [2.75, 3.05) is 13.2 Å². The Hall–Kier alpha value is -3.21. The number of halogens is 1. The van der Waals surface area contributed by atoms with Crippen LogP contribution >= 0.6 is 0 Å². The molecule has 0 aliphatic carbocycles. The smallest absolute Gasteiger partial charge is 0.266 e. The first kappa shape index (κ1) is 22.0. The second kappa shape index (κ2) is 9.11. The number of rotatable bonds is 7. The van der Waals surface area contributed by atoms with Crippen molar-refractivity contribution in [2.45, 2.75) is 24.3 Å². The number of amides is 1. The summed E-state index contributed by atoms with van der Waals surface area (Å²) in [6, 6.07) is 11.7. The molecule has 2 heterocycles. The van der Waals surface area contributed by atoms with E-state index in [1.807, 2.05) is 0 Å². The molecule has 2 aromatic carbocycles. The summed E-state index contributed by atoms with van der Waals surface area (Å²) in [5.41, 5.74) is 2.77. The molecule has 0 radical (unpaired) electrons. The zero-order valence-electron chi connectivity index (χ0n) is 17.2. The van der Waals surface area contributed by atoms with Gasteiger partial charge in [0.25, 0.3) is 5.91 Å². The summed E-state index contributed by atoms with van der Waals surface area (Å²) in [4.78, 5) is 17.8. The second-order valence-corrected chi connectivity index (χ2v) is 8.88. The third-order valence-electron chi connectivity index (χ3n) is 4.97. The van der Waals surface area contributed by atoms with E-state index < -0.39 is 22.0 Å². The average Bonchev–Trinajstić information content (AvgIpc) is 3.27. The standard InChI is InChI=1S/C22H21FN2O6S/c1-2-30-24-22(26)21-19-12-14-29-20(19)11-13-25(21)32(27,28)18-9-7-17(8-10-18)31-16-5-3-15(23)4-6-16/h3-10,12,14,21H,2,11,13H2,1H3,(H,24,26). The minimum absolute atomic E-state index is 0.00473. The van der Waals surface area contributed by atoms with E-state index in [1.54, 1.807) is 13.0 Å². The molecule has 1 N–H and O–H groups in total. The summed E-state index contributed by atoms with van der Waals surface area (Å²) in [6.07, 6.45) is 1.77. The molecule has 1 unspecified atom stereocenters. The molecule has 1 aliphatic heterocycles. The van der Waals surface area contributed by atoms with Crippen LogP contribution in [0, 0.1) is 5.82 Å². The SMILES string of the molecule is CCONC(=O)C1c2ccoc2CCN1S(=O)(=O)c1ccc(Oc2ccc(F)cc2)cc1. The van der Waals surface area contributed by atoms with E-state index in [9.17, 15) is 17.6 Å². The van der Waals surface area contributed by atoms with Crippen LogP contribution in [-0.2, 0) is 26.1 Å². The summed E-state index contributed by atoms with van der Waals surface area (Å²) < 4.78 is 52.0. The van der Waals surface area contributed by atoms with Gasteiger partial charge in [-0.3, -0.25) is 9.63 Å². The van der Waals surface area contributed by atoms with Gasteiger partial charge in [0, 0.05) is 18.5 Å². The number of fused-ring (bicyclic) bond motifs is 1. The van der Waals surface area contributed by atoms with E-state index in [4.69, 9.17) is 14.0 Å². The molecule has 8 nitrogen and oxygen atoms in total. The van der Waals surface area contributed by atoms with Gasteiger partial charge in [0.15, 0.2) is 0 Å². The Morgan fingerprint density at radius 1 is 1.12 bits per heavy atom. The van der Waals surface area contributed by atoms with Crippen molar-refractivity contribution < 1.29 is 31.6 Å². The van der Waals surface area contributed by atoms with Crippen LogP contribution < -0.4 is 10.2 Å². The van der Waals surface area contributed by atoms with Crippen LogP contribution in [0.5, 0.6) is 11.5 Å². The summed E-state index contributed by atoms with van der Waals surface area (Å²) in [5, 5.41) is 0. The van der Waals surface area contributed by atoms with Gasteiger partial charge in [-0.25, -0.2) is 18.3 Å². The molecule has 10 heteroatoms. The lowest BCUT2D eigenvalue weighted by Gasteiger charge is -2.33. The average molecular weight is 460 g/mol. The van der Waals surface area contributed by atoms with Gasteiger partial charge >= 0.3 is 0 Å². The number of nitrogens with zero attached hydrogens (tertiary/aromatic N) is 1. The van der Waals surface area contributed by atoms with Crippen LogP contribution in [0.4, 0.5) is 4.39 Å². The first-order valence-corrected chi connectivity index (χ1v) is 11.4. The number of hydroxylamine groups is 1. The molecule has 0 bridgehead atoms. The van der Waals surface area contributed by atoms with E-state index in [1.165, 1.54) is 54.8 Å². The highest BCUT2D eigenvalue weighted by atomic mass is 32.2. The molecule has 32 heavy (non-hydrogen) atoms. The summed E-state index contributed by atoms with van der Waals surface area (Å²) in [7, 11) is -4.03. The Morgan fingerprint density at radius 2 is 1.78 bits per heavy atom. The fourth-order valence-electron chi connectivity index (χ4n) is 3.48. The Morgan fingerprint density at radius 3 is 2.44 bits per heavy atom. The maximum atomic E-state index is 13.4. The van der Waals surface area contributed by atoms with Crippen molar-refractivity contribution in [1.82, 2.24) is 9.79 Å². The Kier molecular flexibility index (Phi) is 6.26. The largest absolute Gasteiger partial charge is 0.469 e. The molecule has 0 fully saturated rings. The van der Waals surface area contributed by atoms with Crippen LogP contribution in [0.25, 0.3) is 0 Å². The van der Waals surface area contributed by atoms with Crippen molar-refractivity contribution in [2.24, 2.45) is 0 Å². The molecule has 1 aliphatic rings. The van der Waals surface area contributed by atoms with E-state index >= 15 is 0 Å². The molecule has 1 aromatic heterocycles. The summed E-state index contributed by atoms with van der Waals surface area (Å²) in [5.74, 6) is 0.379. The molecular formula is C22H21FN2O6S. The second-order valence-electron chi connectivity index (χ2n) is 6.99. The highest BCUT2D eigenvalue weighted by molar-refractivity contribution is 7.89. The van der Waals surface area contributed by atoms with E-state index in [2.05, 4.69) is 5.48 Å². The predicted molar refractivity (Wildman–Crippen MR) is 112 cm³/mol. The van der Waals surface area contributed by atoms with Gasteiger partial charge in [0.1, 0.15) is 29.1 Å². The van der Waals surface area contributed by atoms with Gasteiger partial charge in [-0.2, -0.15) is 4.31 Å². The monoisotopic (exact) mass is 460 g/mol. The lowest BCUT2D eigenvalue weighted by molar-refractivity contribution is -0.137. The van der Waals surface area contributed by atoms with Crippen molar-refractivity contribution in [3.05, 3.63) is 78.0 Å². The molecule has 4 rings (SSSR count). The lowest BCUT2D eigenvalue weighted by atomic mass is 10.0. The first-order chi connectivity index (χ1) is 15.4. The quantitative estimate of drug-likeness (QED) is 0.542. The van der Waals surface area contributed by atoms with Gasteiger partial charge in [-0.15, -0.1) is 0 Å². The fraction of sp³-hybridized carbons (Fsp3) is 0.227. The third-order valence-corrected chi connectivity index (χ3v) is 6.85. The number of benzene rings is 2. The molecule has 1 atom stereocenters. The number of carbonyl (C=O) groups is 1. The molecule has 3 aromatic rings. The minimum Gasteiger partial charge on any atom is -0.469 e. The van der Waals surface area contributed by atoms with Crippen LogP contribution in [0.15, 0.2) is 70.2 Å². The molecule has 0 saturated heterocycles. The number of sulfonamides is 1. The Balaban J connectivity index is 1.59. The fourth-order valence-corrected chi connectivity index (χ4v) is 5.05. The number of carbonyl (C=O) groups excluding carboxylic acids is 1. The number of hydrogen-bond donors (Lipinski definition) is 1. The minimum atomic E-state index is -4.03. The Labute approximate surface area is 184 Å². The van der Waals surface area contributed by atoms with Crippen molar-refractivity contribution in [3.63, 3.8) is 0 Å². The highest BCUT2D eigenvalue weighted by Crippen LogP contribution is 2.35. The Bertz CT molecular complexity index is 1190. The summed E-state index contributed by atoms with van der Waals surface area (Å²) >= 11 is 0. The number of hydrogen-bond acceptors (Lipinski definition) is 6.